The Morgan fingerprint density at radius 1 is 0.727 bits per heavy atom. The van der Waals surface area contributed by atoms with Crippen LogP contribution in [0.3, 0.4) is 0 Å². The fraction of sp³-hybridized carbons (Fsp3) is 0.294. The molecule has 1 heterocycles. The fourth-order valence-electron chi connectivity index (χ4n) is 2.71. The van der Waals surface area contributed by atoms with E-state index in [0.717, 1.165) is 17.5 Å². The molecule has 0 atom stereocenters. The van der Waals surface area contributed by atoms with Crippen LogP contribution in [-0.4, -0.2) is 30.1 Å². The van der Waals surface area contributed by atoms with Gasteiger partial charge in [-0.25, -0.2) is 0 Å². The fourth-order valence-corrected chi connectivity index (χ4v) is 4.38. The molecule has 0 aliphatic carbocycles. The summed E-state index contributed by atoms with van der Waals surface area (Å²) in [6.45, 7) is 2.05. The van der Waals surface area contributed by atoms with Gasteiger partial charge in [-0.1, -0.05) is 60.7 Å². The number of benzene rings is 2. The van der Waals surface area contributed by atoms with Crippen LogP contribution in [0.25, 0.3) is 0 Å². The molecule has 1 aliphatic heterocycles. The molecular formula is C17H20N2O2S. The lowest BCUT2D eigenvalue weighted by Crippen LogP contribution is -2.48. The monoisotopic (exact) mass is 316 g/mol. The molecule has 22 heavy (non-hydrogen) atoms. The van der Waals surface area contributed by atoms with Crippen molar-refractivity contribution in [3.8, 4) is 0 Å². The molecule has 0 saturated carbocycles. The van der Waals surface area contributed by atoms with E-state index in [9.17, 15) is 8.42 Å². The van der Waals surface area contributed by atoms with Gasteiger partial charge in [0, 0.05) is 26.2 Å². The highest BCUT2D eigenvalue weighted by Gasteiger charge is 2.33. The lowest BCUT2D eigenvalue weighted by molar-refractivity contribution is 0.276. The predicted molar refractivity (Wildman–Crippen MR) is 87.2 cm³/mol. The Hall–Kier alpha value is -1.69. The van der Waals surface area contributed by atoms with Crippen molar-refractivity contribution in [2.24, 2.45) is 0 Å². The summed E-state index contributed by atoms with van der Waals surface area (Å²) in [5.74, 6) is 0. The van der Waals surface area contributed by atoms with E-state index in [1.165, 1.54) is 0 Å². The summed E-state index contributed by atoms with van der Waals surface area (Å²) in [6.07, 6.45) is 0.860. The van der Waals surface area contributed by atoms with Crippen molar-refractivity contribution in [3.63, 3.8) is 0 Å². The minimum Gasteiger partial charge on any atom is -0.195 e. The third kappa shape index (κ3) is 3.38. The predicted octanol–water partition coefficient (Wildman–Crippen LogP) is 2.64. The average Bonchev–Trinajstić information content (AvgIpc) is 2.53. The van der Waals surface area contributed by atoms with E-state index in [1.807, 2.05) is 60.7 Å². The van der Waals surface area contributed by atoms with Crippen LogP contribution in [0.4, 0.5) is 0 Å². The van der Waals surface area contributed by atoms with Gasteiger partial charge in [0.15, 0.2) is 0 Å². The van der Waals surface area contributed by atoms with Gasteiger partial charge >= 0.3 is 0 Å². The maximum absolute atomic E-state index is 12.8. The van der Waals surface area contributed by atoms with E-state index in [2.05, 4.69) is 0 Å². The van der Waals surface area contributed by atoms with Crippen molar-refractivity contribution in [1.82, 2.24) is 8.61 Å². The Morgan fingerprint density at radius 3 is 1.55 bits per heavy atom. The van der Waals surface area contributed by atoms with Crippen LogP contribution in [0.2, 0.25) is 0 Å². The molecular weight excluding hydrogens is 296 g/mol. The van der Waals surface area contributed by atoms with Crippen LogP contribution in [0.5, 0.6) is 0 Å². The first-order chi connectivity index (χ1) is 10.7. The van der Waals surface area contributed by atoms with Crippen LogP contribution < -0.4 is 0 Å². The first kappa shape index (κ1) is 15.2. The van der Waals surface area contributed by atoms with E-state index in [1.54, 1.807) is 8.61 Å². The molecule has 0 radical (unpaired) electrons. The van der Waals surface area contributed by atoms with Gasteiger partial charge < -0.3 is 0 Å². The Morgan fingerprint density at radius 2 is 1.14 bits per heavy atom. The number of rotatable bonds is 4. The molecule has 0 N–H and O–H groups in total. The lowest BCUT2D eigenvalue weighted by atomic mass is 10.2. The van der Waals surface area contributed by atoms with E-state index in [-0.39, 0.29) is 0 Å². The Bertz CT molecular complexity index is 646. The number of hydrogen-bond acceptors (Lipinski definition) is 2. The zero-order valence-corrected chi connectivity index (χ0v) is 13.2. The van der Waals surface area contributed by atoms with E-state index in [4.69, 9.17) is 0 Å². The van der Waals surface area contributed by atoms with E-state index in [0.29, 0.717) is 26.2 Å². The van der Waals surface area contributed by atoms with Gasteiger partial charge in [-0.15, -0.1) is 0 Å². The quantitative estimate of drug-likeness (QED) is 0.870. The summed E-state index contributed by atoms with van der Waals surface area (Å²) in [7, 11) is -3.39. The van der Waals surface area contributed by atoms with Gasteiger partial charge in [-0.3, -0.25) is 0 Å². The number of hydrogen-bond donors (Lipinski definition) is 0. The van der Waals surface area contributed by atoms with Gasteiger partial charge in [0.25, 0.3) is 10.2 Å². The molecule has 4 nitrogen and oxygen atoms in total. The molecule has 0 aromatic heterocycles. The highest BCUT2D eigenvalue weighted by atomic mass is 32.2. The second-order valence-electron chi connectivity index (χ2n) is 5.50. The summed E-state index contributed by atoms with van der Waals surface area (Å²) in [5.41, 5.74) is 2.04. The van der Waals surface area contributed by atoms with Crippen molar-refractivity contribution in [1.29, 1.82) is 0 Å². The van der Waals surface area contributed by atoms with Gasteiger partial charge in [-0.2, -0.15) is 17.0 Å². The SMILES string of the molecule is O=S1(=O)N(Cc2ccccc2)CCCN1Cc1ccccc1. The lowest BCUT2D eigenvalue weighted by Gasteiger charge is -2.34. The molecule has 1 fully saturated rings. The third-order valence-electron chi connectivity index (χ3n) is 3.87. The standard InChI is InChI=1S/C17H20N2O2S/c20-22(21)18(14-16-8-3-1-4-9-16)12-7-13-19(22)15-17-10-5-2-6-11-17/h1-6,8-11H,7,12-15H2. The summed E-state index contributed by atoms with van der Waals surface area (Å²) in [5, 5.41) is 0. The van der Waals surface area contributed by atoms with Crippen LogP contribution in [0.15, 0.2) is 60.7 Å². The molecule has 0 spiro atoms. The second kappa shape index (κ2) is 6.60. The van der Waals surface area contributed by atoms with E-state index >= 15 is 0 Å². The normalized spacial score (nSPS) is 19.1. The van der Waals surface area contributed by atoms with Crippen molar-refractivity contribution in [2.45, 2.75) is 19.5 Å². The highest BCUT2D eigenvalue weighted by Crippen LogP contribution is 2.21. The maximum atomic E-state index is 12.8. The molecule has 2 aromatic carbocycles. The zero-order valence-electron chi connectivity index (χ0n) is 12.4. The summed E-state index contributed by atoms with van der Waals surface area (Å²) in [4.78, 5) is 0. The van der Waals surface area contributed by atoms with Crippen molar-refractivity contribution in [2.75, 3.05) is 13.1 Å². The number of nitrogens with zero attached hydrogens (tertiary/aromatic N) is 2. The van der Waals surface area contributed by atoms with Gasteiger partial charge in [0.1, 0.15) is 0 Å². The minimum atomic E-state index is -3.39. The van der Waals surface area contributed by atoms with Crippen molar-refractivity contribution in [3.05, 3.63) is 71.8 Å². The van der Waals surface area contributed by atoms with Crippen LogP contribution in [-0.2, 0) is 23.3 Å². The molecule has 0 unspecified atom stereocenters. The smallest absolute Gasteiger partial charge is 0.195 e. The highest BCUT2D eigenvalue weighted by molar-refractivity contribution is 7.86. The van der Waals surface area contributed by atoms with Crippen molar-refractivity contribution < 1.29 is 8.42 Å². The molecule has 2 aromatic rings. The third-order valence-corrected chi connectivity index (χ3v) is 5.80. The summed E-state index contributed by atoms with van der Waals surface area (Å²) < 4.78 is 28.7. The second-order valence-corrected chi connectivity index (χ2v) is 7.43. The topological polar surface area (TPSA) is 40.6 Å². The van der Waals surface area contributed by atoms with Gasteiger partial charge in [-0.05, 0) is 17.5 Å². The molecule has 5 heteroatoms. The summed E-state index contributed by atoms with van der Waals surface area (Å²) >= 11 is 0. The zero-order chi connectivity index (χ0) is 15.4. The first-order valence-electron chi connectivity index (χ1n) is 7.49. The molecule has 0 amide bonds. The van der Waals surface area contributed by atoms with Crippen molar-refractivity contribution >= 4 is 10.2 Å². The van der Waals surface area contributed by atoms with Crippen LogP contribution >= 0.6 is 0 Å². The van der Waals surface area contributed by atoms with Gasteiger partial charge in [0.2, 0.25) is 0 Å². The average molecular weight is 316 g/mol. The van der Waals surface area contributed by atoms with Crippen LogP contribution in [0.1, 0.15) is 17.5 Å². The van der Waals surface area contributed by atoms with E-state index < -0.39 is 10.2 Å². The molecule has 116 valence electrons. The Balaban J connectivity index is 1.76. The molecule has 0 bridgehead atoms. The molecule has 1 aliphatic rings. The summed E-state index contributed by atoms with van der Waals surface area (Å²) in [6, 6.07) is 19.5. The Labute approximate surface area is 132 Å². The largest absolute Gasteiger partial charge is 0.282 e. The first-order valence-corrected chi connectivity index (χ1v) is 8.89. The molecule has 1 saturated heterocycles. The maximum Gasteiger partial charge on any atom is 0.282 e. The molecule has 3 rings (SSSR count). The Kier molecular flexibility index (Phi) is 4.57. The van der Waals surface area contributed by atoms with Gasteiger partial charge in [0.05, 0.1) is 0 Å². The van der Waals surface area contributed by atoms with Crippen LogP contribution in [0, 0.1) is 0 Å². The minimum absolute atomic E-state index is 0.439.